The number of carbonyl (C=O) groups excluding carboxylic acids is 2. The number of nitrogens with zero attached hydrogens (tertiary/aromatic N) is 1. The zero-order chi connectivity index (χ0) is 15.0. The molecule has 4 nitrogen and oxygen atoms in total. The van der Waals surface area contributed by atoms with Gasteiger partial charge in [0.2, 0.25) is 0 Å². The van der Waals surface area contributed by atoms with Gasteiger partial charge in [0.05, 0.1) is 23.8 Å². The fourth-order valence-corrected chi connectivity index (χ4v) is 2.67. The molecule has 0 spiro atoms. The van der Waals surface area contributed by atoms with Gasteiger partial charge in [0.1, 0.15) is 0 Å². The monoisotopic (exact) mass is 281 g/mol. The first kappa shape index (κ1) is 13.5. The average Bonchev–Trinajstić information content (AvgIpc) is 2.74. The van der Waals surface area contributed by atoms with E-state index < -0.39 is 6.04 Å². The van der Waals surface area contributed by atoms with Gasteiger partial charge in [-0.3, -0.25) is 14.5 Å². The first-order valence-corrected chi connectivity index (χ1v) is 6.78. The maximum atomic E-state index is 12.5. The third kappa shape index (κ3) is 2.14. The zero-order valence-corrected chi connectivity index (χ0v) is 11.6. The van der Waals surface area contributed by atoms with Crippen LogP contribution in [0.5, 0.6) is 0 Å². The van der Waals surface area contributed by atoms with E-state index in [1.165, 1.54) is 0 Å². The van der Waals surface area contributed by atoms with Crippen LogP contribution in [0, 0.1) is 6.92 Å². The molecule has 0 unspecified atom stereocenters. The van der Waals surface area contributed by atoms with Crippen LogP contribution < -0.4 is 0 Å². The van der Waals surface area contributed by atoms with Gasteiger partial charge in [0.25, 0.3) is 11.8 Å². The Morgan fingerprint density at radius 1 is 1.00 bits per heavy atom. The van der Waals surface area contributed by atoms with E-state index in [1.54, 1.807) is 24.3 Å². The molecular formula is C17H15NO3. The van der Waals surface area contributed by atoms with E-state index in [2.05, 4.69) is 0 Å². The molecule has 1 heterocycles. The predicted molar refractivity (Wildman–Crippen MR) is 77.9 cm³/mol. The molecule has 1 aliphatic heterocycles. The van der Waals surface area contributed by atoms with Crippen molar-refractivity contribution >= 4 is 11.8 Å². The molecule has 0 radical (unpaired) electrons. The lowest BCUT2D eigenvalue weighted by molar-refractivity contribution is 0.0514. The van der Waals surface area contributed by atoms with Crippen LogP contribution in [0.15, 0.2) is 48.5 Å². The molecule has 0 saturated carbocycles. The van der Waals surface area contributed by atoms with E-state index in [0.717, 1.165) is 16.0 Å². The highest BCUT2D eigenvalue weighted by atomic mass is 16.3. The SMILES string of the molecule is Cc1ccc2c(c1)C(=O)N([C@H](CO)c1ccccc1)C2=O. The molecule has 2 aromatic carbocycles. The van der Waals surface area contributed by atoms with E-state index in [4.69, 9.17) is 0 Å². The first-order valence-electron chi connectivity index (χ1n) is 6.78. The van der Waals surface area contributed by atoms with Gasteiger partial charge in [-0.1, -0.05) is 42.0 Å². The summed E-state index contributed by atoms with van der Waals surface area (Å²) in [6.07, 6.45) is 0. The summed E-state index contributed by atoms with van der Waals surface area (Å²) < 4.78 is 0. The number of imide groups is 1. The molecule has 3 rings (SSSR count). The minimum absolute atomic E-state index is 0.297. The Labute approximate surface area is 122 Å². The summed E-state index contributed by atoms with van der Waals surface area (Å²) in [4.78, 5) is 26.2. The van der Waals surface area contributed by atoms with Gasteiger partial charge >= 0.3 is 0 Å². The van der Waals surface area contributed by atoms with Crippen molar-refractivity contribution in [2.45, 2.75) is 13.0 Å². The predicted octanol–water partition coefficient (Wildman–Crippen LogP) is 2.32. The van der Waals surface area contributed by atoms with Crippen LogP contribution in [0.4, 0.5) is 0 Å². The smallest absolute Gasteiger partial charge is 0.262 e. The summed E-state index contributed by atoms with van der Waals surface area (Å²) in [5, 5.41) is 9.66. The fourth-order valence-electron chi connectivity index (χ4n) is 2.67. The molecule has 1 aliphatic rings. The van der Waals surface area contributed by atoms with Crippen LogP contribution in [0.3, 0.4) is 0 Å². The Hall–Kier alpha value is -2.46. The second kappa shape index (κ2) is 5.14. The zero-order valence-electron chi connectivity index (χ0n) is 11.6. The Morgan fingerprint density at radius 3 is 2.33 bits per heavy atom. The molecule has 1 N–H and O–H groups in total. The number of aryl methyl sites for hydroxylation is 1. The highest BCUT2D eigenvalue weighted by molar-refractivity contribution is 6.21. The maximum absolute atomic E-state index is 12.5. The van der Waals surface area contributed by atoms with Crippen molar-refractivity contribution in [1.82, 2.24) is 4.90 Å². The quantitative estimate of drug-likeness (QED) is 0.878. The first-order chi connectivity index (χ1) is 10.1. The van der Waals surface area contributed by atoms with Gasteiger partial charge in [0, 0.05) is 0 Å². The minimum atomic E-state index is -0.654. The summed E-state index contributed by atoms with van der Waals surface area (Å²) in [5.41, 5.74) is 2.48. The Bertz CT molecular complexity index is 709. The second-order valence-electron chi connectivity index (χ2n) is 5.14. The summed E-state index contributed by atoms with van der Waals surface area (Å²) in [7, 11) is 0. The number of fused-ring (bicyclic) bond motifs is 1. The summed E-state index contributed by atoms with van der Waals surface area (Å²) in [5.74, 6) is -0.695. The van der Waals surface area contributed by atoms with Crippen LogP contribution in [-0.2, 0) is 0 Å². The van der Waals surface area contributed by atoms with Crippen molar-refractivity contribution < 1.29 is 14.7 Å². The van der Waals surface area contributed by atoms with Crippen molar-refractivity contribution in [1.29, 1.82) is 0 Å². The topological polar surface area (TPSA) is 57.6 Å². The minimum Gasteiger partial charge on any atom is -0.394 e. The average molecular weight is 281 g/mol. The van der Waals surface area contributed by atoms with Gasteiger partial charge in [-0.15, -0.1) is 0 Å². The molecule has 0 saturated heterocycles. The van der Waals surface area contributed by atoms with Crippen molar-refractivity contribution in [3.63, 3.8) is 0 Å². The molecule has 2 aromatic rings. The molecule has 0 bridgehead atoms. The molecule has 21 heavy (non-hydrogen) atoms. The van der Waals surface area contributed by atoms with Crippen LogP contribution in [0.2, 0.25) is 0 Å². The molecule has 0 fully saturated rings. The third-order valence-corrected chi connectivity index (χ3v) is 3.74. The fraction of sp³-hybridized carbons (Fsp3) is 0.176. The number of hydrogen-bond donors (Lipinski definition) is 1. The van der Waals surface area contributed by atoms with Gasteiger partial charge in [0.15, 0.2) is 0 Å². The standard InChI is InChI=1S/C17H15NO3/c1-11-7-8-13-14(9-11)17(21)18(16(13)20)15(10-19)12-5-3-2-4-6-12/h2-9,15,19H,10H2,1H3/t15-/m1/s1. The van der Waals surface area contributed by atoms with Crippen molar-refractivity contribution in [3.05, 3.63) is 70.8 Å². The number of carbonyl (C=O) groups is 2. The molecule has 0 aromatic heterocycles. The molecule has 4 heteroatoms. The molecule has 1 atom stereocenters. The van der Waals surface area contributed by atoms with Gasteiger partial charge < -0.3 is 5.11 Å². The normalized spacial score (nSPS) is 15.2. The Morgan fingerprint density at radius 2 is 1.67 bits per heavy atom. The van der Waals surface area contributed by atoms with Crippen LogP contribution >= 0.6 is 0 Å². The summed E-state index contributed by atoms with van der Waals surface area (Å²) in [6, 6.07) is 13.6. The van der Waals surface area contributed by atoms with Gasteiger partial charge in [-0.25, -0.2) is 0 Å². The van der Waals surface area contributed by atoms with Crippen LogP contribution in [0.25, 0.3) is 0 Å². The van der Waals surface area contributed by atoms with Crippen LogP contribution in [0.1, 0.15) is 37.9 Å². The lowest BCUT2D eigenvalue weighted by atomic mass is 10.1. The lowest BCUT2D eigenvalue weighted by Gasteiger charge is -2.24. The number of amides is 2. The van der Waals surface area contributed by atoms with E-state index in [1.807, 2.05) is 31.2 Å². The Kier molecular flexibility index (Phi) is 3.31. The lowest BCUT2D eigenvalue weighted by Crippen LogP contribution is -2.36. The molecule has 0 aliphatic carbocycles. The highest BCUT2D eigenvalue weighted by Crippen LogP contribution is 2.31. The Balaban J connectivity index is 2.04. The van der Waals surface area contributed by atoms with E-state index >= 15 is 0 Å². The molecule has 106 valence electrons. The summed E-state index contributed by atoms with van der Waals surface area (Å²) >= 11 is 0. The van der Waals surface area contributed by atoms with E-state index in [9.17, 15) is 14.7 Å². The number of rotatable bonds is 3. The number of benzene rings is 2. The largest absolute Gasteiger partial charge is 0.394 e. The van der Waals surface area contributed by atoms with Crippen molar-refractivity contribution in [2.75, 3.05) is 6.61 Å². The van der Waals surface area contributed by atoms with E-state index in [0.29, 0.717) is 11.1 Å². The van der Waals surface area contributed by atoms with E-state index in [-0.39, 0.29) is 18.4 Å². The van der Waals surface area contributed by atoms with Crippen molar-refractivity contribution in [2.24, 2.45) is 0 Å². The number of aliphatic hydroxyl groups is 1. The van der Waals surface area contributed by atoms with Crippen LogP contribution in [-0.4, -0.2) is 28.4 Å². The summed E-state index contributed by atoms with van der Waals surface area (Å²) in [6.45, 7) is 1.58. The second-order valence-corrected chi connectivity index (χ2v) is 5.14. The maximum Gasteiger partial charge on any atom is 0.262 e. The molecule has 2 amide bonds. The third-order valence-electron chi connectivity index (χ3n) is 3.74. The van der Waals surface area contributed by atoms with Gasteiger partial charge in [-0.05, 0) is 24.6 Å². The van der Waals surface area contributed by atoms with Crippen molar-refractivity contribution in [3.8, 4) is 0 Å². The molecular weight excluding hydrogens is 266 g/mol. The number of hydrogen-bond acceptors (Lipinski definition) is 3. The highest BCUT2D eigenvalue weighted by Gasteiger charge is 2.40. The van der Waals surface area contributed by atoms with Gasteiger partial charge in [-0.2, -0.15) is 0 Å². The number of aliphatic hydroxyl groups excluding tert-OH is 1.